The number of aromatic nitrogens is 1. The lowest BCUT2D eigenvalue weighted by molar-refractivity contribution is 0.0851. The van der Waals surface area contributed by atoms with E-state index in [-0.39, 0.29) is 12.2 Å². The molecule has 0 saturated heterocycles. The largest absolute Gasteiger partial charge is 0.393 e. The highest BCUT2D eigenvalue weighted by Gasteiger charge is 2.10. The zero-order valence-corrected chi connectivity index (χ0v) is 10.4. The summed E-state index contributed by atoms with van der Waals surface area (Å²) in [5.74, 6) is 0. The van der Waals surface area contributed by atoms with Gasteiger partial charge < -0.3 is 9.84 Å². The Labute approximate surface area is 101 Å². The van der Waals surface area contributed by atoms with E-state index in [1.165, 1.54) is 0 Å². The standard InChI is InChI=1S/C12H18ClNO2/c1-9(16-2)3-4-11(15)7-10-5-6-14-8-12(10)13/h5-6,8-9,11,15H,3-4,7H2,1-2H3. The van der Waals surface area contributed by atoms with Gasteiger partial charge in [0.25, 0.3) is 0 Å². The Hall–Kier alpha value is -0.640. The van der Waals surface area contributed by atoms with Gasteiger partial charge in [0.15, 0.2) is 0 Å². The fraction of sp³-hybridized carbons (Fsp3) is 0.583. The van der Waals surface area contributed by atoms with E-state index >= 15 is 0 Å². The maximum atomic E-state index is 9.84. The molecule has 1 N–H and O–H groups in total. The molecule has 0 aromatic carbocycles. The fourth-order valence-electron chi connectivity index (χ4n) is 1.47. The van der Waals surface area contributed by atoms with E-state index in [0.717, 1.165) is 12.0 Å². The van der Waals surface area contributed by atoms with Gasteiger partial charge in [0, 0.05) is 19.5 Å². The lowest BCUT2D eigenvalue weighted by atomic mass is 10.0. The monoisotopic (exact) mass is 243 g/mol. The van der Waals surface area contributed by atoms with Gasteiger partial charge in [0.05, 0.1) is 17.2 Å². The molecular weight excluding hydrogens is 226 g/mol. The quantitative estimate of drug-likeness (QED) is 0.835. The van der Waals surface area contributed by atoms with Crippen LogP contribution >= 0.6 is 11.6 Å². The van der Waals surface area contributed by atoms with Crippen LogP contribution in [0.3, 0.4) is 0 Å². The summed E-state index contributed by atoms with van der Waals surface area (Å²) in [5.41, 5.74) is 0.939. The molecule has 16 heavy (non-hydrogen) atoms. The molecule has 3 nitrogen and oxygen atoms in total. The summed E-state index contributed by atoms with van der Waals surface area (Å²) >= 11 is 5.96. The number of ether oxygens (including phenoxy) is 1. The second-order valence-corrected chi connectivity index (χ2v) is 4.36. The van der Waals surface area contributed by atoms with E-state index < -0.39 is 0 Å². The molecule has 2 atom stereocenters. The first-order chi connectivity index (χ1) is 7.63. The summed E-state index contributed by atoms with van der Waals surface area (Å²) in [7, 11) is 1.68. The Morgan fingerprint density at radius 2 is 2.25 bits per heavy atom. The summed E-state index contributed by atoms with van der Waals surface area (Å²) in [5, 5.41) is 10.4. The molecule has 0 fully saturated rings. The zero-order chi connectivity index (χ0) is 12.0. The summed E-state index contributed by atoms with van der Waals surface area (Å²) in [6.07, 6.45) is 5.22. The van der Waals surface area contributed by atoms with Gasteiger partial charge in [-0.1, -0.05) is 11.6 Å². The van der Waals surface area contributed by atoms with Crippen LogP contribution in [0, 0.1) is 0 Å². The van der Waals surface area contributed by atoms with Gasteiger partial charge in [0.1, 0.15) is 0 Å². The van der Waals surface area contributed by atoms with Crippen molar-refractivity contribution in [3.63, 3.8) is 0 Å². The molecule has 1 aromatic rings. The molecule has 0 saturated carbocycles. The predicted octanol–water partition coefficient (Wildman–Crippen LogP) is 2.45. The lowest BCUT2D eigenvalue weighted by Crippen LogP contribution is -2.15. The Morgan fingerprint density at radius 3 is 2.88 bits per heavy atom. The summed E-state index contributed by atoms with van der Waals surface area (Å²) < 4.78 is 5.13. The third-order valence-electron chi connectivity index (χ3n) is 2.62. The second kappa shape index (κ2) is 6.84. The Balaban J connectivity index is 2.40. The second-order valence-electron chi connectivity index (χ2n) is 3.95. The average Bonchev–Trinajstić information content (AvgIpc) is 2.29. The number of methoxy groups -OCH3 is 1. The van der Waals surface area contributed by atoms with Crippen LogP contribution in [0.2, 0.25) is 5.02 Å². The summed E-state index contributed by atoms with van der Waals surface area (Å²) in [4.78, 5) is 3.91. The first kappa shape index (κ1) is 13.4. The first-order valence-electron chi connectivity index (χ1n) is 5.42. The number of nitrogens with zero attached hydrogens (tertiary/aromatic N) is 1. The molecule has 0 bridgehead atoms. The normalized spacial score (nSPS) is 14.8. The van der Waals surface area contributed by atoms with Crippen LogP contribution in [0.15, 0.2) is 18.5 Å². The third-order valence-corrected chi connectivity index (χ3v) is 2.96. The van der Waals surface area contributed by atoms with E-state index in [1.54, 1.807) is 19.5 Å². The van der Waals surface area contributed by atoms with Crippen LogP contribution in [-0.2, 0) is 11.2 Å². The third kappa shape index (κ3) is 4.47. The zero-order valence-electron chi connectivity index (χ0n) is 9.69. The van der Waals surface area contributed by atoms with E-state index in [4.69, 9.17) is 16.3 Å². The van der Waals surface area contributed by atoms with E-state index in [9.17, 15) is 5.11 Å². The van der Waals surface area contributed by atoms with Gasteiger partial charge in [0.2, 0.25) is 0 Å². The fourth-order valence-corrected chi connectivity index (χ4v) is 1.67. The highest BCUT2D eigenvalue weighted by atomic mass is 35.5. The van der Waals surface area contributed by atoms with Crippen molar-refractivity contribution in [1.82, 2.24) is 4.98 Å². The van der Waals surface area contributed by atoms with Crippen molar-refractivity contribution in [2.75, 3.05) is 7.11 Å². The van der Waals surface area contributed by atoms with E-state index in [1.807, 2.05) is 13.0 Å². The molecule has 2 unspecified atom stereocenters. The minimum absolute atomic E-state index is 0.183. The number of pyridine rings is 1. The van der Waals surface area contributed by atoms with Crippen LogP contribution in [0.1, 0.15) is 25.3 Å². The van der Waals surface area contributed by atoms with Crippen molar-refractivity contribution in [3.05, 3.63) is 29.0 Å². The van der Waals surface area contributed by atoms with Crippen LogP contribution < -0.4 is 0 Å². The molecule has 0 amide bonds. The van der Waals surface area contributed by atoms with E-state index in [2.05, 4.69) is 4.98 Å². The van der Waals surface area contributed by atoms with Crippen LogP contribution in [0.25, 0.3) is 0 Å². The molecule has 0 aliphatic heterocycles. The highest BCUT2D eigenvalue weighted by Crippen LogP contribution is 2.17. The minimum Gasteiger partial charge on any atom is -0.393 e. The number of halogens is 1. The number of aliphatic hydroxyl groups excluding tert-OH is 1. The maximum Gasteiger partial charge on any atom is 0.0622 e. The smallest absolute Gasteiger partial charge is 0.0622 e. The average molecular weight is 244 g/mol. The SMILES string of the molecule is COC(C)CCC(O)Cc1ccncc1Cl. The molecule has 1 aromatic heterocycles. The van der Waals surface area contributed by atoms with Gasteiger partial charge in [-0.2, -0.15) is 0 Å². The molecular formula is C12H18ClNO2. The highest BCUT2D eigenvalue weighted by molar-refractivity contribution is 6.31. The Morgan fingerprint density at radius 1 is 1.50 bits per heavy atom. The predicted molar refractivity (Wildman–Crippen MR) is 64.7 cm³/mol. The van der Waals surface area contributed by atoms with Crippen LogP contribution in [0.5, 0.6) is 0 Å². The minimum atomic E-state index is -0.377. The first-order valence-corrected chi connectivity index (χ1v) is 5.80. The molecule has 90 valence electrons. The van der Waals surface area contributed by atoms with Gasteiger partial charge in [-0.15, -0.1) is 0 Å². The Bertz CT molecular complexity index is 320. The lowest BCUT2D eigenvalue weighted by Gasteiger charge is -2.14. The van der Waals surface area contributed by atoms with Crippen molar-refractivity contribution < 1.29 is 9.84 Å². The van der Waals surface area contributed by atoms with Crippen molar-refractivity contribution in [2.45, 2.75) is 38.4 Å². The van der Waals surface area contributed by atoms with Crippen molar-refractivity contribution in [2.24, 2.45) is 0 Å². The molecule has 1 heterocycles. The molecule has 0 radical (unpaired) electrons. The van der Waals surface area contributed by atoms with Crippen LogP contribution in [-0.4, -0.2) is 29.4 Å². The van der Waals surface area contributed by atoms with Crippen molar-refractivity contribution in [3.8, 4) is 0 Å². The number of hydrogen-bond donors (Lipinski definition) is 1. The Kier molecular flexibility index (Phi) is 5.74. The van der Waals surface area contributed by atoms with Crippen molar-refractivity contribution in [1.29, 1.82) is 0 Å². The number of hydrogen-bond acceptors (Lipinski definition) is 3. The van der Waals surface area contributed by atoms with Gasteiger partial charge >= 0.3 is 0 Å². The maximum absolute atomic E-state index is 9.84. The number of rotatable bonds is 6. The topological polar surface area (TPSA) is 42.4 Å². The van der Waals surface area contributed by atoms with Gasteiger partial charge in [-0.25, -0.2) is 0 Å². The number of aliphatic hydroxyl groups is 1. The molecule has 1 rings (SSSR count). The van der Waals surface area contributed by atoms with Crippen molar-refractivity contribution >= 4 is 11.6 Å². The molecule has 0 aliphatic carbocycles. The molecule has 0 aliphatic rings. The molecule has 4 heteroatoms. The summed E-state index contributed by atoms with van der Waals surface area (Å²) in [6.45, 7) is 1.99. The van der Waals surface area contributed by atoms with Crippen LogP contribution in [0.4, 0.5) is 0 Å². The summed E-state index contributed by atoms with van der Waals surface area (Å²) in [6, 6.07) is 1.84. The van der Waals surface area contributed by atoms with Gasteiger partial charge in [-0.05, 0) is 37.8 Å². The van der Waals surface area contributed by atoms with Gasteiger partial charge in [-0.3, -0.25) is 4.98 Å². The molecule has 0 spiro atoms. The van der Waals surface area contributed by atoms with E-state index in [0.29, 0.717) is 17.9 Å².